The van der Waals surface area contributed by atoms with Gasteiger partial charge >= 0.3 is 12.8 Å². The van der Waals surface area contributed by atoms with Crippen LogP contribution >= 0.6 is 0 Å². The molecule has 12 heteroatoms. The number of benzene rings is 2. The van der Waals surface area contributed by atoms with Gasteiger partial charge in [0.2, 0.25) is 11.8 Å². The van der Waals surface area contributed by atoms with E-state index in [0.29, 0.717) is 12.3 Å². The maximum absolute atomic E-state index is 13.2. The average Bonchev–Trinajstić information content (AvgIpc) is 2.74. The fourth-order valence-electron chi connectivity index (χ4n) is 2.60. The second kappa shape index (κ2) is 9.51. The van der Waals surface area contributed by atoms with Crippen molar-refractivity contribution in [2.24, 2.45) is 5.73 Å². The number of hydrogen-bond donors (Lipinski definition) is 2. The molecule has 0 aliphatic rings. The molecule has 0 radical (unpaired) electrons. The fraction of sp³-hybridized carbons (Fsp3) is 0.0952. The number of pyridine rings is 1. The van der Waals surface area contributed by atoms with Crippen molar-refractivity contribution in [2.45, 2.75) is 12.8 Å². The van der Waals surface area contributed by atoms with E-state index in [1.165, 1.54) is 36.4 Å². The minimum atomic E-state index is -4.79. The van der Waals surface area contributed by atoms with Gasteiger partial charge in [0.1, 0.15) is 17.1 Å². The summed E-state index contributed by atoms with van der Waals surface area (Å²) in [7, 11) is 0. The molecule has 0 bridgehead atoms. The first-order valence-corrected chi connectivity index (χ1v) is 9.04. The Morgan fingerprint density at radius 3 is 2.27 bits per heavy atom. The predicted molar refractivity (Wildman–Crippen MR) is 105 cm³/mol. The van der Waals surface area contributed by atoms with E-state index in [9.17, 15) is 31.5 Å². The summed E-state index contributed by atoms with van der Waals surface area (Å²) >= 11 is 0. The number of carbonyl (C=O) groups is 2. The molecule has 7 nitrogen and oxygen atoms in total. The zero-order valence-electron chi connectivity index (χ0n) is 16.4. The number of nitrogens with two attached hydrogens (primary N) is 1. The summed E-state index contributed by atoms with van der Waals surface area (Å²) in [6.07, 6.45) is -4.31. The highest BCUT2D eigenvalue weighted by molar-refractivity contribution is 6.06. The number of hydrogen-bond acceptors (Lipinski definition) is 5. The molecule has 0 aliphatic carbocycles. The highest BCUT2D eigenvalue weighted by atomic mass is 19.4. The Hall–Kier alpha value is -4.22. The second-order valence-electron chi connectivity index (χ2n) is 6.43. The van der Waals surface area contributed by atoms with Crippen LogP contribution in [-0.4, -0.2) is 23.4 Å². The Kier molecular flexibility index (Phi) is 6.75. The number of rotatable bonds is 7. The monoisotopic (exact) mass is 467 g/mol. The van der Waals surface area contributed by atoms with Crippen molar-refractivity contribution in [3.8, 4) is 17.4 Å². The van der Waals surface area contributed by atoms with Gasteiger partial charge in [0, 0.05) is 17.4 Å². The Morgan fingerprint density at radius 2 is 1.67 bits per heavy atom. The largest absolute Gasteiger partial charge is 0.438 e. The topological polar surface area (TPSA) is 104 Å². The van der Waals surface area contributed by atoms with E-state index >= 15 is 0 Å². The molecule has 3 N–H and O–H groups in total. The third-order valence-electron chi connectivity index (χ3n) is 4.09. The molecule has 33 heavy (non-hydrogen) atoms. The van der Waals surface area contributed by atoms with Crippen LogP contribution in [0.3, 0.4) is 0 Å². The van der Waals surface area contributed by atoms with Crippen molar-refractivity contribution in [1.82, 2.24) is 4.98 Å². The van der Waals surface area contributed by atoms with E-state index in [1.54, 1.807) is 0 Å². The molecule has 3 rings (SSSR count). The van der Waals surface area contributed by atoms with Gasteiger partial charge in [-0.3, -0.25) is 9.59 Å². The number of aromatic nitrogens is 1. The summed E-state index contributed by atoms with van der Waals surface area (Å²) in [5.74, 6) is -2.44. The van der Waals surface area contributed by atoms with Crippen molar-refractivity contribution in [2.75, 3.05) is 5.32 Å². The van der Waals surface area contributed by atoms with Crippen LogP contribution in [0.1, 0.15) is 26.3 Å². The predicted octanol–water partition coefficient (Wildman–Crippen LogP) is 4.85. The number of carbonyl (C=O) groups excluding carboxylic acids is 2. The Balaban J connectivity index is 1.92. The SMILES string of the molecule is NC(=O)c1cccc(NC(=O)c2cc(C(F)(F)F)cnc2Oc2ccc(OC(F)F)cc2)c1. The number of ether oxygens (including phenoxy) is 2. The maximum Gasteiger partial charge on any atom is 0.417 e. The van der Waals surface area contributed by atoms with Gasteiger partial charge < -0.3 is 20.5 Å². The third-order valence-corrected chi connectivity index (χ3v) is 4.09. The molecule has 0 aliphatic heterocycles. The molecule has 0 atom stereocenters. The fourth-order valence-corrected chi connectivity index (χ4v) is 2.60. The minimum absolute atomic E-state index is 0.00588. The van der Waals surface area contributed by atoms with Crippen molar-refractivity contribution < 1.29 is 41.0 Å². The summed E-state index contributed by atoms with van der Waals surface area (Å²) in [6, 6.07) is 10.7. The van der Waals surface area contributed by atoms with Crippen LogP contribution < -0.4 is 20.5 Å². The summed E-state index contributed by atoms with van der Waals surface area (Å²) in [5.41, 5.74) is 3.57. The Morgan fingerprint density at radius 1 is 1.00 bits per heavy atom. The highest BCUT2D eigenvalue weighted by Gasteiger charge is 2.33. The molecule has 2 amide bonds. The number of amides is 2. The first-order chi connectivity index (χ1) is 15.5. The van der Waals surface area contributed by atoms with E-state index in [-0.39, 0.29) is 22.7 Å². The molecule has 0 spiro atoms. The van der Waals surface area contributed by atoms with Crippen LogP contribution in [0, 0.1) is 0 Å². The van der Waals surface area contributed by atoms with Crippen LogP contribution in [0.15, 0.2) is 60.8 Å². The molecule has 0 saturated heterocycles. The van der Waals surface area contributed by atoms with E-state index < -0.39 is 41.6 Å². The quantitative estimate of drug-likeness (QED) is 0.484. The molecule has 1 aromatic heterocycles. The molecular weight excluding hydrogens is 453 g/mol. The van der Waals surface area contributed by atoms with Crippen LogP contribution in [-0.2, 0) is 6.18 Å². The molecular formula is C21H14F5N3O4. The van der Waals surface area contributed by atoms with Crippen molar-refractivity contribution in [3.05, 3.63) is 77.5 Å². The van der Waals surface area contributed by atoms with E-state index in [2.05, 4.69) is 15.0 Å². The lowest BCUT2D eigenvalue weighted by molar-refractivity contribution is -0.137. The smallest absolute Gasteiger partial charge is 0.417 e. The standard InChI is InChI=1S/C21H14F5N3O4/c22-20(23)33-15-6-4-14(5-7-15)32-19-16(9-12(10-28-19)21(24,25)26)18(31)29-13-3-1-2-11(8-13)17(27)30/h1-10,20H,(H2,27,30)(H,29,31). The number of nitrogens with one attached hydrogen (secondary N) is 1. The number of anilines is 1. The number of alkyl halides is 5. The average molecular weight is 467 g/mol. The lowest BCUT2D eigenvalue weighted by Gasteiger charge is -2.14. The second-order valence-corrected chi connectivity index (χ2v) is 6.43. The van der Waals surface area contributed by atoms with E-state index in [1.807, 2.05) is 0 Å². The summed E-state index contributed by atoms with van der Waals surface area (Å²) in [6.45, 7) is -3.04. The van der Waals surface area contributed by atoms with Gasteiger partial charge in [-0.05, 0) is 48.5 Å². The van der Waals surface area contributed by atoms with Gasteiger partial charge in [-0.25, -0.2) is 4.98 Å². The molecule has 0 saturated carbocycles. The van der Waals surface area contributed by atoms with Gasteiger partial charge in [0.15, 0.2) is 0 Å². The summed E-state index contributed by atoms with van der Waals surface area (Å²) in [5, 5.41) is 2.35. The van der Waals surface area contributed by atoms with Crippen LogP contribution in [0.5, 0.6) is 17.4 Å². The van der Waals surface area contributed by atoms with Crippen LogP contribution in [0.2, 0.25) is 0 Å². The summed E-state index contributed by atoms with van der Waals surface area (Å²) < 4.78 is 73.6. The van der Waals surface area contributed by atoms with Gasteiger partial charge in [0.05, 0.1) is 5.56 Å². The normalized spacial score (nSPS) is 11.2. The number of primary amides is 1. The van der Waals surface area contributed by atoms with Crippen molar-refractivity contribution in [3.63, 3.8) is 0 Å². The third kappa shape index (κ3) is 6.15. The zero-order chi connectivity index (χ0) is 24.2. The van der Waals surface area contributed by atoms with Gasteiger partial charge in [-0.15, -0.1) is 0 Å². The molecule has 3 aromatic rings. The molecule has 0 unspecified atom stereocenters. The van der Waals surface area contributed by atoms with Gasteiger partial charge in [-0.2, -0.15) is 22.0 Å². The van der Waals surface area contributed by atoms with E-state index in [0.717, 1.165) is 12.1 Å². The zero-order valence-corrected chi connectivity index (χ0v) is 16.4. The highest BCUT2D eigenvalue weighted by Crippen LogP contribution is 2.33. The van der Waals surface area contributed by atoms with Crippen LogP contribution in [0.4, 0.5) is 27.6 Å². The van der Waals surface area contributed by atoms with Crippen molar-refractivity contribution in [1.29, 1.82) is 0 Å². The molecule has 2 aromatic carbocycles. The van der Waals surface area contributed by atoms with Crippen LogP contribution in [0.25, 0.3) is 0 Å². The van der Waals surface area contributed by atoms with Crippen molar-refractivity contribution >= 4 is 17.5 Å². The lowest BCUT2D eigenvalue weighted by atomic mass is 10.1. The first-order valence-electron chi connectivity index (χ1n) is 9.04. The number of halogens is 5. The Labute approximate surface area is 182 Å². The van der Waals surface area contributed by atoms with E-state index in [4.69, 9.17) is 10.5 Å². The first kappa shape index (κ1) is 23.4. The molecule has 1 heterocycles. The van der Waals surface area contributed by atoms with Gasteiger partial charge in [-0.1, -0.05) is 6.07 Å². The lowest BCUT2D eigenvalue weighted by Crippen LogP contribution is -2.17. The number of nitrogens with zero attached hydrogens (tertiary/aromatic N) is 1. The summed E-state index contributed by atoms with van der Waals surface area (Å²) in [4.78, 5) is 27.6. The Bertz CT molecular complexity index is 1170. The molecule has 0 fully saturated rings. The minimum Gasteiger partial charge on any atom is -0.438 e. The maximum atomic E-state index is 13.2. The van der Waals surface area contributed by atoms with Gasteiger partial charge in [0.25, 0.3) is 5.91 Å². The molecule has 172 valence electrons.